The molecule has 0 saturated heterocycles. The van der Waals surface area contributed by atoms with Crippen LogP contribution in [0.5, 0.6) is 0 Å². The largest absolute Gasteiger partial charge is 0.265 e. The molecule has 0 saturated carbocycles. The quantitative estimate of drug-likeness (QED) is 0.665. The maximum atomic E-state index is 4.04. The molecule has 1 nitrogen and oxygen atoms in total. The van der Waals surface area contributed by atoms with E-state index >= 15 is 0 Å². The van der Waals surface area contributed by atoms with Crippen molar-refractivity contribution in [2.45, 2.75) is 46.0 Å². The summed E-state index contributed by atoms with van der Waals surface area (Å²) in [4.78, 5) is 4.04. The molecule has 0 spiro atoms. The highest BCUT2D eigenvalue weighted by molar-refractivity contribution is 5.10. The van der Waals surface area contributed by atoms with E-state index in [9.17, 15) is 0 Å². The van der Waals surface area contributed by atoms with Crippen molar-refractivity contribution < 1.29 is 0 Å². The fraction of sp³-hybridized carbons (Fsp3) is 0.615. The standard InChI is InChI=1S/C13H21N/c1-3-5-6-12(4-2)11-13-7-9-14-10-8-13/h7-10,12H,3-6,11H2,1-2H3. The highest BCUT2D eigenvalue weighted by Crippen LogP contribution is 2.17. The summed E-state index contributed by atoms with van der Waals surface area (Å²) in [6.07, 6.45) is 10.3. The zero-order valence-corrected chi connectivity index (χ0v) is 9.37. The van der Waals surface area contributed by atoms with Crippen LogP contribution in [0.1, 0.15) is 45.1 Å². The summed E-state index contributed by atoms with van der Waals surface area (Å²) in [5, 5.41) is 0. The molecule has 0 radical (unpaired) electrons. The molecule has 78 valence electrons. The van der Waals surface area contributed by atoms with E-state index in [2.05, 4.69) is 31.0 Å². The van der Waals surface area contributed by atoms with E-state index in [0.29, 0.717) is 0 Å². The van der Waals surface area contributed by atoms with Crippen molar-refractivity contribution in [3.8, 4) is 0 Å². The molecule has 0 aliphatic carbocycles. The van der Waals surface area contributed by atoms with Gasteiger partial charge >= 0.3 is 0 Å². The molecule has 0 aromatic carbocycles. The van der Waals surface area contributed by atoms with Gasteiger partial charge in [0.15, 0.2) is 0 Å². The Morgan fingerprint density at radius 1 is 1.21 bits per heavy atom. The van der Waals surface area contributed by atoms with Gasteiger partial charge in [0.1, 0.15) is 0 Å². The highest BCUT2D eigenvalue weighted by Gasteiger charge is 2.06. The summed E-state index contributed by atoms with van der Waals surface area (Å²) >= 11 is 0. The molecule has 0 amide bonds. The van der Waals surface area contributed by atoms with Crippen LogP contribution in [0.3, 0.4) is 0 Å². The number of rotatable bonds is 6. The van der Waals surface area contributed by atoms with Crippen LogP contribution >= 0.6 is 0 Å². The van der Waals surface area contributed by atoms with Crippen molar-refractivity contribution in [1.82, 2.24) is 4.98 Å². The van der Waals surface area contributed by atoms with E-state index < -0.39 is 0 Å². The molecule has 1 unspecified atom stereocenters. The summed E-state index contributed by atoms with van der Waals surface area (Å²) in [5.41, 5.74) is 1.43. The smallest absolute Gasteiger partial charge is 0.0270 e. The Morgan fingerprint density at radius 3 is 2.50 bits per heavy atom. The SMILES string of the molecule is CCCCC(CC)Cc1ccncc1. The molecule has 1 aromatic heterocycles. The second-order valence-corrected chi connectivity index (χ2v) is 3.98. The molecule has 0 aliphatic heterocycles. The van der Waals surface area contributed by atoms with Crippen LogP contribution in [0.15, 0.2) is 24.5 Å². The minimum atomic E-state index is 0.859. The fourth-order valence-corrected chi connectivity index (χ4v) is 1.80. The lowest BCUT2D eigenvalue weighted by atomic mass is 9.92. The average Bonchev–Trinajstić information content (AvgIpc) is 2.25. The lowest BCUT2D eigenvalue weighted by Gasteiger charge is -2.13. The first-order valence-electron chi connectivity index (χ1n) is 5.75. The second kappa shape index (κ2) is 6.58. The van der Waals surface area contributed by atoms with Gasteiger partial charge in [-0.3, -0.25) is 4.98 Å². The summed E-state index contributed by atoms with van der Waals surface area (Å²) < 4.78 is 0. The van der Waals surface area contributed by atoms with Crippen molar-refractivity contribution >= 4 is 0 Å². The monoisotopic (exact) mass is 191 g/mol. The van der Waals surface area contributed by atoms with Crippen LogP contribution < -0.4 is 0 Å². The van der Waals surface area contributed by atoms with E-state index in [4.69, 9.17) is 0 Å². The van der Waals surface area contributed by atoms with Gasteiger partial charge in [0.2, 0.25) is 0 Å². The molecule has 0 aliphatic rings. The number of hydrogen-bond donors (Lipinski definition) is 0. The summed E-state index contributed by atoms with van der Waals surface area (Å²) in [6, 6.07) is 4.27. The third kappa shape index (κ3) is 3.91. The van der Waals surface area contributed by atoms with E-state index in [0.717, 1.165) is 5.92 Å². The molecule has 0 bridgehead atoms. The summed E-state index contributed by atoms with van der Waals surface area (Å²) in [6.45, 7) is 4.56. The first-order valence-corrected chi connectivity index (χ1v) is 5.75. The molecular weight excluding hydrogens is 170 g/mol. The lowest BCUT2D eigenvalue weighted by molar-refractivity contribution is 0.449. The normalized spacial score (nSPS) is 12.7. The predicted octanol–water partition coefficient (Wildman–Crippen LogP) is 3.84. The van der Waals surface area contributed by atoms with Crippen LogP contribution in [0.2, 0.25) is 0 Å². The number of aromatic nitrogens is 1. The van der Waals surface area contributed by atoms with Crippen molar-refractivity contribution in [2.24, 2.45) is 5.92 Å². The first-order chi connectivity index (χ1) is 6.86. The third-order valence-electron chi connectivity index (χ3n) is 2.82. The molecule has 1 rings (SSSR count). The van der Waals surface area contributed by atoms with Crippen LogP contribution in [-0.2, 0) is 6.42 Å². The summed E-state index contributed by atoms with van der Waals surface area (Å²) in [7, 11) is 0. The Bertz CT molecular complexity index is 230. The number of unbranched alkanes of at least 4 members (excludes halogenated alkanes) is 1. The maximum absolute atomic E-state index is 4.04. The Labute approximate surface area is 87.6 Å². The van der Waals surface area contributed by atoms with Crippen LogP contribution in [0, 0.1) is 5.92 Å². The Hall–Kier alpha value is -0.850. The van der Waals surface area contributed by atoms with E-state index in [1.54, 1.807) is 0 Å². The predicted molar refractivity (Wildman–Crippen MR) is 61.2 cm³/mol. The average molecular weight is 191 g/mol. The van der Waals surface area contributed by atoms with E-state index in [1.807, 2.05) is 12.4 Å². The molecule has 1 aromatic rings. The van der Waals surface area contributed by atoms with Gasteiger partial charge < -0.3 is 0 Å². The van der Waals surface area contributed by atoms with Crippen molar-refractivity contribution in [1.29, 1.82) is 0 Å². The van der Waals surface area contributed by atoms with Gasteiger partial charge in [0.05, 0.1) is 0 Å². The van der Waals surface area contributed by atoms with Crippen LogP contribution in [-0.4, -0.2) is 4.98 Å². The topological polar surface area (TPSA) is 12.9 Å². The van der Waals surface area contributed by atoms with Gasteiger partial charge in [-0.25, -0.2) is 0 Å². The molecule has 0 fully saturated rings. The minimum Gasteiger partial charge on any atom is -0.265 e. The van der Waals surface area contributed by atoms with Gasteiger partial charge in [-0.1, -0.05) is 39.5 Å². The first kappa shape index (κ1) is 11.2. The van der Waals surface area contributed by atoms with Crippen molar-refractivity contribution in [3.63, 3.8) is 0 Å². The Balaban J connectivity index is 2.40. The van der Waals surface area contributed by atoms with Crippen molar-refractivity contribution in [3.05, 3.63) is 30.1 Å². The van der Waals surface area contributed by atoms with E-state index in [-0.39, 0.29) is 0 Å². The molecule has 1 atom stereocenters. The van der Waals surface area contributed by atoms with Gasteiger partial charge in [0, 0.05) is 12.4 Å². The van der Waals surface area contributed by atoms with Crippen molar-refractivity contribution in [2.75, 3.05) is 0 Å². The second-order valence-electron chi connectivity index (χ2n) is 3.98. The zero-order valence-electron chi connectivity index (χ0n) is 9.37. The Kier molecular flexibility index (Phi) is 5.28. The molecular formula is C13H21N. The van der Waals surface area contributed by atoms with Crippen LogP contribution in [0.25, 0.3) is 0 Å². The number of nitrogens with zero attached hydrogens (tertiary/aromatic N) is 1. The molecule has 1 heteroatoms. The van der Waals surface area contributed by atoms with Gasteiger partial charge in [-0.05, 0) is 30.0 Å². The number of pyridine rings is 1. The molecule has 1 heterocycles. The van der Waals surface area contributed by atoms with Gasteiger partial charge in [-0.15, -0.1) is 0 Å². The number of hydrogen-bond acceptors (Lipinski definition) is 1. The molecule has 0 N–H and O–H groups in total. The lowest BCUT2D eigenvalue weighted by Crippen LogP contribution is -2.03. The van der Waals surface area contributed by atoms with Gasteiger partial charge in [-0.2, -0.15) is 0 Å². The Morgan fingerprint density at radius 2 is 1.93 bits per heavy atom. The maximum Gasteiger partial charge on any atom is 0.0270 e. The van der Waals surface area contributed by atoms with Gasteiger partial charge in [0.25, 0.3) is 0 Å². The zero-order chi connectivity index (χ0) is 10.2. The summed E-state index contributed by atoms with van der Waals surface area (Å²) in [5.74, 6) is 0.859. The fourth-order valence-electron chi connectivity index (χ4n) is 1.80. The highest BCUT2D eigenvalue weighted by atomic mass is 14.6. The molecule has 14 heavy (non-hydrogen) atoms. The van der Waals surface area contributed by atoms with Crippen LogP contribution in [0.4, 0.5) is 0 Å². The minimum absolute atomic E-state index is 0.859. The third-order valence-corrected chi connectivity index (χ3v) is 2.82. The van der Waals surface area contributed by atoms with E-state index in [1.165, 1.54) is 37.7 Å².